The van der Waals surface area contributed by atoms with Gasteiger partial charge in [0.1, 0.15) is 23.0 Å². The fraction of sp³-hybridized carbons (Fsp3) is 0.105. The predicted octanol–water partition coefficient (Wildman–Crippen LogP) is 3.28. The van der Waals surface area contributed by atoms with Crippen LogP contribution in [-0.2, 0) is 11.3 Å². The third kappa shape index (κ3) is 4.37. The van der Waals surface area contributed by atoms with Gasteiger partial charge >= 0.3 is 0 Å². The maximum absolute atomic E-state index is 13.9. The molecule has 0 bridgehead atoms. The smallest absolute Gasteiger partial charge is 0.234 e. The molecule has 4 rings (SSSR count). The minimum absolute atomic E-state index is 0.0731. The van der Waals surface area contributed by atoms with Gasteiger partial charge in [0.05, 0.1) is 12.3 Å². The lowest BCUT2D eigenvalue weighted by molar-refractivity contribution is -0.113. The summed E-state index contributed by atoms with van der Waals surface area (Å²) < 4.78 is 28.3. The van der Waals surface area contributed by atoms with E-state index in [0.717, 1.165) is 0 Å². The fourth-order valence-electron chi connectivity index (χ4n) is 2.64. The van der Waals surface area contributed by atoms with Crippen LogP contribution >= 0.6 is 11.8 Å². The Bertz CT molecular complexity index is 1170. The monoisotopic (exact) mass is 412 g/mol. The number of nitrogens with zero attached hydrogens (tertiary/aromatic N) is 5. The number of anilines is 1. The van der Waals surface area contributed by atoms with Crippen molar-refractivity contribution < 1.29 is 13.6 Å². The minimum Gasteiger partial charge on any atom is -0.325 e. The van der Waals surface area contributed by atoms with Crippen LogP contribution in [0.3, 0.4) is 0 Å². The largest absolute Gasteiger partial charge is 0.325 e. The number of halogens is 2. The van der Waals surface area contributed by atoms with Crippen LogP contribution in [0, 0.1) is 11.6 Å². The summed E-state index contributed by atoms with van der Waals surface area (Å²) in [7, 11) is 0. The molecule has 146 valence electrons. The number of fused-ring (bicyclic) bond motifs is 1. The van der Waals surface area contributed by atoms with Crippen molar-refractivity contribution in [1.29, 1.82) is 0 Å². The van der Waals surface area contributed by atoms with Crippen LogP contribution < -0.4 is 5.32 Å². The van der Waals surface area contributed by atoms with Crippen LogP contribution in [0.4, 0.5) is 14.5 Å². The maximum Gasteiger partial charge on any atom is 0.234 e. The number of benzene rings is 2. The number of nitrogens with one attached hydrogen (secondary N) is 1. The summed E-state index contributed by atoms with van der Waals surface area (Å²) >= 11 is 1.18. The maximum atomic E-state index is 13.9. The summed E-state index contributed by atoms with van der Waals surface area (Å²) in [6, 6.07) is 11.9. The van der Waals surface area contributed by atoms with Gasteiger partial charge in [-0.25, -0.2) is 23.4 Å². The predicted molar refractivity (Wildman–Crippen MR) is 104 cm³/mol. The lowest BCUT2D eigenvalue weighted by atomic mass is 10.2. The highest BCUT2D eigenvalue weighted by atomic mass is 32.2. The molecule has 10 heteroatoms. The lowest BCUT2D eigenvalue weighted by Gasteiger charge is -2.05. The van der Waals surface area contributed by atoms with E-state index in [-0.39, 0.29) is 29.8 Å². The molecule has 0 radical (unpaired) electrons. The molecule has 2 aromatic heterocycles. The van der Waals surface area contributed by atoms with E-state index in [4.69, 9.17) is 0 Å². The van der Waals surface area contributed by atoms with E-state index in [1.807, 2.05) is 0 Å². The normalized spacial score (nSPS) is 11.0. The molecule has 1 N–H and O–H groups in total. The second-order valence-corrected chi connectivity index (χ2v) is 7.00. The van der Waals surface area contributed by atoms with Gasteiger partial charge in [-0.15, -0.1) is 5.10 Å². The van der Waals surface area contributed by atoms with Gasteiger partial charge in [0.15, 0.2) is 11.2 Å². The summed E-state index contributed by atoms with van der Waals surface area (Å²) in [5, 5.41) is 11.3. The lowest BCUT2D eigenvalue weighted by Crippen LogP contribution is -2.14. The summed E-state index contributed by atoms with van der Waals surface area (Å²) in [6.45, 7) is 0.176. The van der Waals surface area contributed by atoms with Gasteiger partial charge in [0.25, 0.3) is 0 Å². The second kappa shape index (κ2) is 8.31. The molecule has 2 aromatic carbocycles. The average molecular weight is 412 g/mol. The molecule has 0 aliphatic rings. The number of hydrogen-bond donors (Lipinski definition) is 1. The summed E-state index contributed by atoms with van der Waals surface area (Å²) in [5.74, 6) is -0.910. The van der Waals surface area contributed by atoms with Crippen LogP contribution in [0.25, 0.3) is 11.2 Å². The Kier molecular flexibility index (Phi) is 5.43. The molecule has 2 heterocycles. The molecule has 0 saturated carbocycles. The topological polar surface area (TPSA) is 85.6 Å². The molecular formula is C19H14F2N6OS. The first-order valence-corrected chi connectivity index (χ1v) is 9.54. The highest BCUT2D eigenvalue weighted by Crippen LogP contribution is 2.23. The van der Waals surface area contributed by atoms with Crippen molar-refractivity contribution in [2.45, 2.75) is 11.6 Å². The number of carbonyl (C=O) groups is 1. The molecule has 29 heavy (non-hydrogen) atoms. The van der Waals surface area contributed by atoms with Gasteiger partial charge < -0.3 is 5.32 Å². The van der Waals surface area contributed by atoms with Gasteiger partial charge in [-0.3, -0.25) is 4.79 Å². The number of carbonyl (C=O) groups excluding carboxylic acids is 1. The average Bonchev–Trinajstić information content (AvgIpc) is 3.13. The number of hydrogen-bond acceptors (Lipinski definition) is 6. The van der Waals surface area contributed by atoms with Crippen LogP contribution in [0.5, 0.6) is 0 Å². The highest BCUT2D eigenvalue weighted by Gasteiger charge is 2.15. The zero-order valence-corrected chi connectivity index (χ0v) is 15.7. The highest BCUT2D eigenvalue weighted by molar-refractivity contribution is 8.00. The van der Waals surface area contributed by atoms with Gasteiger partial charge in [-0.2, -0.15) is 0 Å². The SMILES string of the molecule is O=C(CSc1ncnc2c1nnn2Cc1ccccc1F)Nc1ccc(F)cc1. The van der Waals surface area contributed by atoms with Crippen molar-refractivity contribution in [2.75, 3.05) is 11.1 Å². The molecule has 0 aliphatic carbocycles. The second-order valence-electron chi connectivity index (χ2n) is 6.03. The quantitative estimate of drug-likeness (QED) is 0.386. The Hall–Kier alpha value is -3.40. The summed E-state index contributed by atoms with van der Waals surface area (Å²) in [5.41, 5.74) is 1.85. The van der Waals surface area contributed by atoms with Crippen molar-refractivity contribution >= 4 is 34.5 Å². The van der Waals surface area contributed by atoms with Crippen molar-refractivity contribution in [3.05, 3.63) is 72.1 Å². The Morgan fingerprint density at radius 2 is 1.86 bits per heavy atom. The van der Waals surface area contributed by atoms with Crippen LogP contribution in [0.1, 0.15) is 5.56 Å². The number of rotatable bonds is 6. The Morgan fingerprint density at radius 1 is 1.07 bits per heavy atom. The van der Waals surface area contributed by atoms with Crippen molar-refractivity contribution in [3.63, 3.8) is 0 Å². The standard InChI is InChI=1S/C19H14F2N6OS/c20-13-5-7-14(8-6-13)24-16(28)10-29-19-17-18(22-11-23-19)27(26-25-17)9-12-3-1-2-4-15(12)21/h1-8,11H,9-10H2,(H,24,28). The van der Waals surface area contributed by atoms with Crippen LogP contribution in [0.15, 0.2) is 59.9 Å². The third-order valence-corrected chi connectivity index (χ3v) is 4.99. The van der Waals surface area contributed by atoms with E-state index < -0.39 is 0 Å². The van der Waals surface area contributed by atoms with Gasteiger partial charge in [0, 0.05) is 11.3 Å². The molecule has 0 fully saturated rings. The molecule has 0 saturated heterocycles. The zero-order valence-electron chi connectivity index (χ0n) is 14.9. The van der Waals surface area contributed by atoms with E-state index in [9.17, 15) is 13.6 Å². The summed E-state index contributed by atoms with van der Waals surface area (Å²) in [6.07, 6.45) is 1.35. The zero-order chi connectivity index (χ0) is 20.2. The third-order valence-electron chi connectivity index (χ3n) is 4.01. The summed E-state index contributed by atoms with van der Waals surface area (Å²) in [4.78, 5) is 20.5. The molecule has 7 nitrogen and oxygen atoms in total. The molecule has 0 unspecified atom stereocenters. The van der Waals surface area contributed by atoms with E-state index in [2.05, 4.69) is 25.6 Å². The molecular weight excluding hydrogens is 398 g/mol. The van der Waals surface area contributed by atoms with E-state index in [1.165, 1.54) is 53.1 Å². The first-order chi connectivity index (χ1) is 14.1. The molecule has 1 amide bonds. The Balaban J connectivity index is 1.47. The molecule has 0 atom stereocenters. The first kappa shape index (κ1) is 18.9. The minimum atomic E-state index is -0.376. The Labute approximate surface area is 168 Å². The van der Waals surface area contributed by atoms with Crippen LogP contribution in [0.2, 0.25) is 0 Å². The van der Waals surface area contributed by atoms with E-state index in [1.54, 1.807) is 18.2 Å². The fourth-order valence-corrected chi connectivity index (χ4v) is 3.37. The van der Waals surface area contributed by atoms with Gasteiger partial charge in [-0.05, 0) is 30.3 Å². The van der Waals surface area contributed by atoms with Crippen molar-refractivity contribution in [2.24, 2.45) is 0 Å². The van der Waals surface area contributed by atoms with Gasteiger partial charge in [0.2, 0.25) is 5.91 Å². The van der Waals surface area contributed by atoms with Crippen molar-refractivity contribution in [1.82, 2.24) is 25.0 Å². The number of amides is 1. The van der Waals surface area contributed by atoms with Crippen LogP contribution in [-0.4, -0.2) is 36.6 Å². The molecule has 0 spiro atoms. The number of thioether (sulfide) groups is 1. The van der Waals surface area contributed by atoms with Gasteiger partial charge in [-0.1, -0.05) is 35.2 Å². The molecule has 0 aliphatic heterocycles. The first-order valence-electron chi connectivity index (χ1n) is 8.56. The number of aromatic nitrogens is 5. The van der Waals surface area contributed by atoms with E-state index in [0.29, 0.717) is 27.4 Å². The Morgan fingerprint density at radius 3 is 2.66 bits per heavy atom. The van der Waals surface area contributed by atoms with E-state index >= 15 is 0 Å². The van der Waals surface area contributed by atoms with Crippen molar-refractivity contribution in [3.8, 4) is 0 Å². The molecule has 4 aromatic rings.